The summed E-state index contributed by atoms with van der Waals surface area (Å²) in [6, 6.07) is 19.1. The van der Waals surface area contributed by atoms with Gasteiger partial charge < -0.3 is 11.5 Å². The van der Waals surface area contributed by atoms with Crippen molar-refractivity contribution in [3.63, 3.8) is 0 Å². The van der Waals surface area contributed by atoms with Gasteiger partial charge >= 0.3 is 0 Å². The van der Waals surface area contributed by atoms with Crippen LogP contribution in [0.25, 0.3) is 0 Å². The molecular weight excluding hydrogens is 364 g/mol. The van der Waals surface area contributed by atoms with Gasteiger partial charge in [0.15, 0.2) is 11.5 Å². The van der Waals surface area contributed by atoms with Crippen LogP contribution in [0.5, 0.6) is 0 Å². The molecule has 6 heteroatoms. The molecule has 1 aliphatic heterocycles. The average Bonchev–Trinajstić information content (AvgIpc) is 3.00. The van der Waals surface area contributed by atoms with E-state index in [1.807, 2.05) is 60.7 Å². The van der Waals surface area contributed by atoms with Gasteiger partial charge in [-0.05, 0) is 30.5 Å². The second-order valence-corrected chi connectivity index (χ2v) is 7.26. The van der Waals surface area contributed by atoms with Crippen molar-refractivity contribution >= 4 is 17.6 Å². The largest absolute Gasteiger partial charge is 0.369 e. The lowest BCUT2D eigenvalue weighted by molar-refractivity contribution is -0.130. The van der Waals surface area contributed by atoms with E-state index in [2.05, 4.69) is 4.99 Å². The molecule has 0 atom stereocenters. The minimum atomic E-state index is -1.15. The SMILES string of the molecule is NCCC(=O)CCCCCN1C(=O)C(c2ccccc2)(c2ccccc2)N=C1N. The van der Waals surface area contributed by atoms with Gasteiger partial charge in [-0.25, -0.2) is 4.99 Å². The fourth-order valence-corrected chi connectivity index (χ4v) is 3.75. The lowest BCUT2D eigenvalue weighted by Crippen LogP contribution is -2.44. The van der Waals surface area contributed by atoms with Gasteiger partial charge in [0, 0.05) is 19.4 Å². The molecule has 1 amide bonds. The highest BCUT2D eigenvalue weighted by Crippen LogP contribution is 2.39. The molecule has 0 radical (unpaired) electrons. The first kappa shape index (κ1) is 20.7. The fraction of sp³-hybridized carbons (Fsp3) is 0.348. The predicted molar refractivity (Wildman–Crippen MR) is 114 cm³/mol. The van der Waals surface area contributed by atoms with Crippen molar-refractivity contribution in [3.05, 3.63) is 71.8 Å². The molecule has 2 aromatic carbocycles. The van der Waals surface area contributed by atoms with Crippen LogP contribution in [0.3, 0.4) is 0 Å². The molecule has 0 spiro atoms. The van der Waals surface area contributed by atoms with E-state index in [4.69, 9.17) is 11.5 Å². The second kappa shape index (κ2) is 9.47. The summed E-state index contributed by atoms with van der Waals surface area (Å²) in [5, 5.41) is 0. The van der Waals surface area contributed by atoms with E-state index in [0.717, 1.165) is 30.4 Å². The van der Waals surface area contributed by atoms with E-state index in [0.29, 0.717) is 25.9 Å². The molecule has 0 aliphatic carbocycles. The molecule has 29 heavy (non-hydrogen) atoms. The maximum atomic E-state index is 13.6. The van der Waals surface area contributed by atoms with Crippen molar-refractivity contribution in [2.75, 3.05) is 13.1 Å². The van der Waals surface area contributed by atoms with Crippen LogP contribution in [0.15, 0.2) is 65.7 Å². The minimum Gasteiger partial charge on any atom is -0.369 e. The van der Waals surface area contributed by atoms with E-state index >= 15 is 0 Å². The second-order valence-electron chi connectivity index (χ2n) is 7.26. The highest BCUT2D eigenvalue weighted by molar-refractivity contribution is 6.09. The van der Waals surface area contributed by atoms with Gasteiger partial charge in [-0.3, -0.25) is 14.5 Å². The molecule has 6 nitrogen and oxygen atoms in total. The summed E-state index contributed by atoms with van der Waals surface area (Å²) >= 11 is 0. The summed E-state index contributed by atoms with van der Waals surface area (Å²) in [5.74, 6) is 0.298. The first-order valence-electron chi connectivity index (χ1n) is 10.1. The highest BCUT2D eigenvalue weighted by Gasteiger charge is 2.50. The first-order valence-corrected chi connectivity index (χ1v) is 10.1. The summed E-state index contributed by atoms with van der Waals surface area (Å²) in [6.45, 7) is 0.885. The van der Waals surface area contributed by atoms with Gasteiger partial charge in [-0.15, -0.1) is 0 Å². The van der Waals surface area contributed by atoms with E-state index in [-0.39, 0.29) is 17.6 Å². The van der Waals surface area contributed by atoms with Crippen molar-refractivity contribution in [1.29, 1.82) is 0 Å². The molecule has 0 bridgehead atoms. The summed E-state index contributed by atoms with van der Waals surface area (Å²) in [4.78, 5) is 31.4. The minimum absolute atomic E-state index is 0.133. The molecule has 0 fully saturated rings. The number of nitrogens with zero attached hydrogens (tertiary/aromatic N) is 2. The number of Topliss-reactive ketones (excluding diaryl/α,β-unsaturated/α-hetero) is 1. The molecule has 0 saturated carbocycles. The van der Waals surface area contributed by atoms with E-state index in [1.165, 1.54) is 0 Å². The van der Waals surface area contributed by atoms with E-state index in [9.17, 15) is 9.59 Å². The molecule has 152 valence electrons. The lowest BCUT2D eigenvalue weighted by Gasteiger charge is -2.27. The number of hydrogen-bond acceptors (Lipinski definition) is 5. The van der Waals surface area contributed by atoms with E-state index < -0.39 is 5.54 Å². The third-order valence-corrected chi connectivity index (χ3v) is 5.26. The quantitative estimate of drug-likeness (QED) is 0.607. The van der Waals surface area contributed by atoms with Crippen molar-refractivity contribution in [2.24, 2.45) is 16.5 Å². The number of aliphatic imine (C=N–C) groups is 1. The third-order valence-electron chi connectivity index (χ3n) is 5.26. The highest BCUT2D eigenvalue weighted by atomic mass is 16.2. The van der Waals surface area contributed by atoms with Gasteiger partial charge in [0.2, 0.25) is 0 Å². The Labute approximate surface area is 171 Å². The van der Waals surface area contributed by atoms with Crippen LogP contribution in [-0.2, 0) is 15.1 Å². The van der Waals surface area contributed by atoms with E-state index in [1.54, 1.807) is 4.90 Å². The van der Waals surface area contributed by atoms with Crippen molar-refractivity contribution in [2.45, 2.75) is 37.6 Å². The lowest BCUT2D eigenvalue weighted by atomic mass is 9.83. The summed E-state index contributed by atoms with van der Waals surface area (Å²) in [6.07, 6.45) is 3.36. The Kier molecular flexibility index (Phi) is 6.77. The number of rotatable bonds is 10. The molecule has 3 rings (SSSR count). The molecule has 1 aliphatic rings. The van der Waals surface area contributed by atoms with Gasteiger partial charge in [-0.2, -0.15) is 0 Å². The maximum Gasteiger partial charge on any atom is 0.266 e. The number of benzene rings is 2. The third kappa shape index (κ3) is 4.38. The Balaban J connectivity index is 1.74. The van der Waals surface area contributed by atoms with Gasteiger partial charge in [-0.1, -0.05) is 67.1 Å². The number of unbranched alkanes of at least 4 members (excludes halogenated alkanes) is 2. The van der Waals surface area contributed by atoms with Crippen LogP contribution >= 0.6 is 0 Å². The Hall–Kier alpha value is -2.99. The number of carbonyl (C=O) groups excluding carboxylic acids is 2. The zero-order chi connectivity index (χ0) is 20.7. The maximum absolute atomic E-state index is 13.6. The molecule has 2 aromatic rings. The molecule has 0 saturated heterocycles. The van der Waals surface area contributed by atoms with Gasteiger partial charge in [0.1, 0.15) is 5.78 Å². The normalized spacial score (nSPS) is 15.4. The van der Waals surface area contributed by atoms with Crippen molar-refractivity contribution in [1.82, 2.24) is 4.90 Å². The zero-order valence-electron chi connectivity index (χ0n) is 16.6. The topological polar surface area (TPSA) is 102 Å². The molecule has 1 heterocycles. The number of carbonyl (C=O) groups is 2. The van der Waals surface area contributed by atoms with Crippen molar-refractivity contribution < 1.29 is 9.59 Å². The van der Waals surface area contributed by atoms with Crippen molar-refractivity contribution in [3.8, 4) is 0 Å². The van der Waals surface area contributed by atoms with Gasteiger partial charge in [0.05, 0.1) is 0 Å². The van der Waals surface area contributed by atoms with Crippen LogP contribution < -0.4 is 11.5 Å². The number of ketones is 1. The zero-order valence-corrected chi connectivity index (χ0v) is 16.6. The summed E-state index contributed by atoms with van der Waals surface area (Å²) < 4.78 is 0. The smallest absolute Gasteiger partial charge is 0.266 e. The van der Waals surface area contributed by atoms with Crippen LogP contribution in [0.1, 0.15) is 43.2 Å². The predicted octanol–water partition coefficient (Wildman–Crippen LogP) is 2.57. The number of guanidine groups is 1. The summed E-state index contributed by atoms with van der Waals surface area (Å²) in [7, 11) is 0. The first-order chi connectivity index (χ1) is 14.1. The van der Waals surface area contributed by atoms with Crippen LogP contribution in [0.4, 0.5) is 0 Å². The van der Waals surface area contributed by atoms with Gasteiger partial charge in [0.25, 0.3) is 5.91 Å². The Morgan fingerprint density at radius 3 is 2.03 bits per heavy atom. The Bertz CT molecular complexity index is 825. The fourth-order valence-electron chi connectivity index (χ4n) is 3.75. The van der Waals surface area contributed by atoms with Crippen LogP contribution in [-0.4, -0.2) is 35.6 Å². The standard InChI is InChI=1S/C23H28N4O2/c24-16-15-20(28)14-8-3-9-17-27-21(29)23(26-22(27)25,18-10-4-1-5-11-18)19-12-6-2-7-13-19/h1-2,4-7,10-13H,3,8-9,14-17,24H2,(H2,25,26). The van der Waals surface area contributed by atoms with Crippen LogP contribution in [0.2, 0.25) is 0 Å². The summed E-state index contributed by atoms with van der Waals surface area (Å²) in [5.41, 5.74) is 12.1. The monoisotopic (exact) mass is 392 g/mol. The number of amides is 1. The molecule has 0 aromatic heterocycles. The molecule has 4 N–H and O–H groups in total. The average molecular weight is 393 g/mol. The number of nitrogens with two attached hydrogens (primary N) is 2. The molecule has 0 unspecified atom stereocenters. The molecular formula is C23H28N4O2. The Morgan fingerprint density at radius 2 is 1.48 bits per heavy atom. The number of hydrogen-bond donors (Lipinski definition) is 2. The van der Waals surface area contributed by atoms with Crippen LogP contribution in [0, 0.1) is 0 Å². The Morgan fingerprint density at radius 1 is 0.897 bits per heavy atom.